The van der Waals surface area contributed by atoms with Gasteiger partial charge in [0.2, 0.25) is 0 Å². The van der Waals surface area contributed by atoms with E-state index in [-0.39, 0.29) is 18.0 Å². The van der Waals surface area contributed by atoms with Crippen LogP contribution in [0.1, 0.15) is 62.5 Å². The van der Waals surface area contributed by atoms with Crippen molar-refractivity contribution in [2.24, 2.45) is 5.92 Å². The van der Waals surface area contributed by atoms with E-state index in [9.17, 15) is 9.59 Å². The molecule has 3 aromatic rings. The summed E-state index contributed by atoms with van der Waals surface area (Å²) in [4.78, 5) is 30.1. The molecule has 0 saturated heterocycles. The molecule has 1 amide bonds. The smallest absolute Gasteiger partial charge is 0.338 e. The molecular formula is C28H33N3O4S. The molecule has 0 unspecified atom stereocenters. The van der Waals surface area contributed by atoms with Gasteiger partial charge < -0.3 is 20.1 Å². The van der Waals surface area contributed by atoms with Crippen molar-refractivity contribution in [2.75, 3.05) is 18.5 Å². The van der Waals surface area contributed by atoms with Crippen molar-refractivity contribution in [1.29, 1.82) is 0 Å². The summed E-state index contributed by atoms with van der Waals surface area (Å²) in [6.07, 6.45) is 3.37. The summed E-state index contributed by atoms with van der Waals surface area (Å²) in [5.74, 6) is -0.117. The van der Waals surface area contributed by atoms with Crippen LogP contribution in [0.3, 0.4) is 0 Å². The van der Waals surface area contributed by atoms with E-state index < -0.39 is 0 Å². The number of ether oxygens (including phenoxy) is 2. The van der Waals surface area contributed by atoms with E-state index in [0.717, 1.165) is 35.7 Å². The highest BCUT2D eigenvalue weighted by atomic mass is 32.1. The first-order valence-corrected chi connectivity index (χ1v) is 13.3. The van der Waals surface area contributed by atoms with E-state index in [2.05, 4.69) is 27.8 Å². The van der Waals surface area contributed by atoms with Crippen LogP contribution in [0.4, 0.5) is 5.69 Å². The number of carbonyl (C=O) groups is 2. The van der Waals surface area contributed by atoms with E-state index in [0.29, 0.717) is 42.7 Å². The van der Waals surface area contributed by atoms with Gasteiger partial charge >= 0.3 is 5.97 Å². The van der Waals surface area contributed by atoms with Crippen LogP contribution in [0, 0.1) is 12.8 Å². The zero-order valence-electron chi connectivity index (χ0n) is 20.8. The number of amides is 1. The number of nitrogens with one attached hydrogen (secondary N) is 2. The number of aromatic nitrogens is 1. The van der Waals surface area contributed by atoms with E-state index >= 15 is 0 Å². The second-order valence-electron chi connectivity index (χ2n) is 8.91. The van der Waals surface area contributed by atoms with E-state index in [1.165, 1.54) is 16.9 Å². The Hall–Kier alpha value is -3.23. The predicted molar refractivity (Wildman–Crippen MR) is 141 cm³/mol. The number of nitrogens with zero attached hydrogens (tertiary/aromatic N) is 1. The number of benzene rings is 2. The Balaban J connectivity index is 1.28. The molecule has 1 saturated carbocycles. The molecule has 0 aliphatic heterocycles. The number of hydrogen-bond donors (Lipinski definition) is 2. The average molecular weight is 508 g/mol. The van der Waals surface area contributed by atoms with Gasteiger partial charge in [-0.15, -0.1) is 11.3 Å². The zero-order chi connectivity index (χ0) is 25.3. The van der Waals surface area contributed by atoms with Gasteiger partial charge in [0.05, 0.1) is 37.1 Å². The Morgan fingerprint density at radius 3 is 2.75 bits per heavy atom. The van der Waals surface area contributed by atoms with Crippen LogP contribution in [0.2, 0.25) is 0 Å². The second kappa shape index (κ2) is 12.6. The van der Waals surface area contributed by atoms with Gasteiger partial charge in [0.25, 0.3) is 5.91 Å². The normalized spacial score (nSPS) is 17.1. The Kier molecular flexibility index (Phi) is 9.08. The van der Waals surface area contributed by atoms with Gasteiger partial charge in [0.15, 0.2) is 0 Å². The quantitative estimate of drug-likeness (QED) is 0.340. The van der Waals surface area contributed by atoms with Gasteiger partial charge in [-0.2, -0.15) is 0 Å². The molecule has 1 fully saturated rings. The van der Waals surface area contributed by atoms with Gasteiger partial charge in [-0.3, -0.25) is 4.79 Å². The molecule has 1 heterocycles. The lowest BCUT2D eigenvalue weighted by atomic mass is 10.1. The van der Waals surface area contributed by atoms with Crippen LogP contribution in [-0.2, 0) is 22.6 Å². The highest BCUT2D eigenvalue weighted by molar-refractivity contribution is 7.13. The molecule has 1 aromatic heterocycles. The predicted octanol–water partition coefficient (Wildman–Crippen LogP) is 5.36. The lowest BCUT2D eigenvalue weighted by Gasteiger charge is -2.20. The van der Waals surface area contributed by atoms with E-state index in [1.54, 1.807) is 25.1 Å². The summed E-state index contributed by atoms with van der Waals surface area (Å²) < 4.78 is 11.2. The molecule has 2 aromatic carbocycles. The maximum Gasteiger partial charge on any atom is 0.338 e. The monoisotopic (exact) mass is 507 g/mol. The van der Waals surface area contributed by atoms with Gasteiger partial charge in [0.1, 0.15) is 9.88 Å². The molecule has 2 atom stereocenters. The maximum atomic E-state index is 12.9. The number of anilines is 1. The van der Waals surface area contributed by atoms with Crippen LogP contribution in [0.5, 0.6) is 0 Å². The largest absolute Gasteiger partial charge is 0.462 e. The number of hydrogen-bond acceptors (Lipinski definition) is 7. The number of aryl methyl sites for hydroxylation is 1. The minimum absolute atomic E-state index is 0.0886. The van der Waals surface area contributed by atoms with Gasteiger partial charge in [-0.25, -0.2) is 9.78 Å². The molecular weight excluding hydrogens is 474 g/mol. The first-order chi connectivity index (χ1) is 17.5. The topological polar surface area (TPSA) is 89.5 Å². The van der Waals surface area contributed by atoms with Crippen molar-refractivity contribution in [3.63, 3.8) is 0 Å². The molecule has 2 N–H and O–H groups in total. The van der Waals surface area contributed by atoms with Crippen LogP contribution in [0.25, 0.3) is 0 Å². The molecule has 0 radical (unpaired) electrons. The SMILES string of the molecule is CCOC(=O)c1cccc(NCc2nc(C)c(C(=O)NC[C@H]3CCC[C@@H]3OCc3ccccc3)s2)c1. The van der Waals surface area contributed by atoms with E-state index in [1.807, 2.05) is 31.2 Å². The summed E-state index contributed by atoms with van der Waals surface area (Å²) in [6.45, 7) is 5.64. The maximum absolute atomic E-state index is 12.9. The molecule has 1 aliphatic rings. The first-order valence-electron chi connectivity index (χ1n) is 12.4. The fourth-order valence-electron chi connectivity index (χ4n) is 4.42. The fraction of sp³-hybridized carbons (Fsp3) is 0.393. The molecule has 36 heavy (non-hydrogen) atoms. The highest BCUT2D eigenvalue weighted by Crippen LogP contribution is 2.29. The number of carbonyl (C=O) groups excluding carboxylic acids is 2. The van der Waals surface area contributed by atoms with Crippen LogP contribution in [-0.4, -0.2) is 36.1 Å². The Morgan fingerprint density at radius 1 is 1.11 bits per heavy atom. The third kappa shape index (κ3) is 6.92. The van der Waals surface area contributed by atoms with E-state index in [4.69, 9.17) is 9.47 Å². The van der Waals surface area contributed by atoms with Gasteiger partial charge in [0, 0.05) is 18.2 Å². The zero-order valence-corrected chi connectivity index (χ0v) is 21.6. The Morgan fingerprint density at radius 2 is 1.94 bits per heavy atom. The minimum Gasteiger partial charge on any atom is -0.462 e. The van der Waals surface area contributed by atoms with Crippen LogP contribution in [0.15, 0.2) is 54.6 Å². The van der Waals surface area contributed by atoms with Crippen molar-refractivity contribution >= 4 is 28.9 Å². The lowest BCUT2D eigenvalue weighted by molar-refractivity contribution is 0.0162. The summed E-state index contributed by atoms with van der Waals surface area (Å²) in [5.41, 5.74) is 3.18. The van der Waals surface area contributed by atoms with Crippen molar-refractivity contribution in [1.82, 2.24) is 10.3 Å². The minimum atomic E-state index is -0.347. The van der Waals surface area contributed by atoms with Crippen molar-refractivity contribution < 1.29 is 19.1 Å². The first kappa shape index (κ1) is 25.9. The molecule has 8 heteroatoms. The lowest BCUT2D eigenvalue weighted by Crippen LogP contribution is -2.33. The highest BCUT2D eigenvalue weighted by Gasteiger charge is 2.29. The summed E-state index contributed by atoms with van der Waals surface area (Å²) in [6, 6.07) is 17.4. The number of rotatable bonds is 11. The second-order valence-corrected chi connectivity index (χ2v) is 10.00. The Bertz CT molecular complexity index is 1160. The molecule has 0 spiro atoms. The van der Waals surface area contributed by atoms with Crippen LogP contribution >= 0.6 is 11.3 Å². The Labute approximate surface area is 216 Å². The summed E-state index contributed by atoms with van der Waals surface area (Å²) in [5, 5.41) is 7.20. The molecule has 4 rings (SSSR count). The fourth-order valence-corrected chi connectivity index (χ4v) is 5.34. The summed E-state index contributed by atoms with van der Waals surface area (Å²) in [7, 11) is 0. The van der Waals surface area contributed by atoms with Crippen molar-refractivity contribution in [3.8, 4) is 0 Å². The molecule has 1 aliphatic carbocycles. The molecule has 190 valence electrons. The third-order valence-electron chi connectivity index (χ3n) is 6.29. The molecule has 7 nitrogen and oxygen atoms in total. The van der Waals surface area contributed by atoms with Crippen LogP contribution < -0.4 is 10.6 Å². The average Bonchev–Trinajstić information content (AvgIpc) is 3.51. The van der Waals surface area contributed by atoms with Gasteiger partial charge in [-0.05, 0) is 50.5 Å². The number of thiazole rings is 1. The standard InChI is InChI=1S/C28H33N3O4S/c1-3-34-28(33)21-11-7-13-23(15-21)29-17-25-31-19(2)26(36-25)27(32)30-16-22-12-8-14-24(22)35-18-20-9-5-4-6-10-20/h4-7,9-11,13,15,22,24,29H,3,8,12,14,16-18H2,1-2H3,(H,30,32)/t22-,24+/m1/s1. The van der Waals surface area contributed by atoms with Crippen molar-refractivity contribution in [3.05, 3.63) is 81.3 Å². The third-order valence-corrected chi connectivity index (χ3v) is 7.44. The van der Waals surface area contributed by atoms with Crippen molar-refractivity contribution in [2.45, 2.75) is 52.4 Å². The number of esters is 1. The molecule has 0 bridgehead atoms. The van der Waals surface area contributed by atoms with Gasteiger partial charge in [-0.1, -0.05) is 42.8 Å². The summed E-state index contributed by atoms with van der Waals surface area (Å²) >= 11 is 1.39.